The Morgan fingerprint density at radius 1 is 1.10 bits per heavy atom. The molecule has 274 valence electrons. The molecule has 6 rings (SSSR count). The largest absolute Gasteiger partial charge is 0.381 e. The van der Waals surface area contributed by atoms with Crippen molar-refractivity contribution in [3.63, 3.8) is 0 Å². The quantitative estimate of drug-likeness (QED) is 0.312. The molecule has 4 atom stereocenters. The number of anilines is 2. The molecule has 0 bridgehead atoms. The topological polar surface area (TPSA) is 164 Å². The Balaban J connectivity index is 1.32. The van der Waals surface area contributed by atoms with Gasteiger partial charge in [-0.25, -0.2) is 38.2 Å². The first-order valence-corrected chi connectivity index (χ1v) is 19.3. The maximum atomic E-state index is 13.1. The zero-order valence-corrected chi connectivity index (χ0v) is 32.0. The van der Waals surface area contributed by atoms with E-state index < -0.39 is 43.1 Å². The number of hydrogen-bond donors (Lipinski definition) is 3. The molecule has 3 aromatic rings. The van der Waals surface area contributed by atoms with Crippen LogP contribution in [0.15, 0.2) is 24.4 Å². The van der Waals surface area contributed by atoms with Gasteiger partial charge in [0.25, 0.3) is 5.91 Å². The number of hydrazine groups is 1. The third kappa shape index (κ3) is 7.12. The van der Waals surface area contributed by atoms with Crippen LogP contribution in [-0.4, -0.2) is 86.1 Å². The molecule has 2 unspecified atom stereocenters. The van der Waals surface area contributed by atoms with Crippen LogP contribution in [0.4, 0.5) is 11.5 Å². The van der Waals surface area contributed by atoms with Crippen molar-refractivity contribution >= 4 is 50.6 Å². The molecule has 16 heteroatoms. The monoisotopic (exact) mass is 730 g/mol. The predicted molar refractivity (Wildman–Crippen MR) is 194 cm³/mol. The first kappa shape index (κ1) is 36.9. The van der Waals surface area contributed by atoms with E-state index in [0.717, 1.165) is 18.4 Å². The molecule has 0 radical (unpaired) electrons. The van der Waals surface area contributed by atoms with Crippen LogP contribution in [0.1, 0.15) is 86.4 Å². The lowest BCUT2D eigenvalue weighted by atomic mass is 9.73. The second-order valence-electron chi connectivity index (χ2n) is 16.1. The molecule has 2 fully saturated rings. The minimum Gasteiger partial charge on any atom is -0.381 e. The minimum absolute atomic E-state index is 0.0220. The second kappa shape index (κ2) is 13.3. The smallest absolute Gasteiger partial charge is 0.272 e. The van der Waals surface area contributed by atoms with Crippen molar-refractivity contribution in [2.24, 2.45) is 5.41 Å². The zero-order valence-electron chi connectivity index (χ0n) is 30.4. The summed E-state index contributed by atoms with van der Waals surface area (Å²) < 4.78 is 42.3. The molecule has 5 heterocycles. The highest BCUT2D eigenvalue weighted by atomic mass is 32.2. The Hall–Kier alpha value is -2.86. The van der Waals surface area contributed by atoms with Gasteiger partial charge in [-0.2, -0.15) is 5.10 Å². The summed E-state index contributed by atoms with van der Waals surface area (Å²) in [5, 5.41) is 16.4. The maximum Gasteiger partial charge on any atom is 0.272 e. The summed E-state index contributed by atoms with van der Waals surface area (Å²) in [6.07, 6.45) is 3.19. The normalized spacial score (nSPS) is 22.4. The summed E-state index contributed by atoms with van der Waals surface area (Å²) >= 11 is -1.59. The SMILES string of the molecule is C[C@@H]1OCC2(CCN(c3nc4cnn(-c5ccc6c(c5)N(C(=O)C(C)(C)O)NC6)c4nc3COS(=O)C(C)(C)C)CC2)[C@@H]1NS(=O)C(C)(C)C. The van der Waals surface area contributed by atoms with Gasteiger partial charge in [-0.05, 0) is 92.9 Å². The van der Waals surface area contributed by atoms with Crippen molar-refractivity contribution < 1.29 is 27.2 Å². The average Bonchev–Trinajstić information content (AvgIpc) is 3.73. The van der Waals surface area contributed by atoms with Gasteiger partial charge in [-0.1, -0.05) is 6.07 Å². The number of amides is 1. The Morgan fingerprint density at radius 3 is 2.44 bits per heavy atom. The fraction of sp³-hybridized carbons (Fsp3) is 0.647. The van der Waals surface area contributed by atoms with Crippen molar-refractivity contribution in [1.82, 2.24) is 29.9 Å². The number of benzene rings is 1. The number of carbonyl (C=O) groups is 1. The molecule has 1 aromatic carbocycles. The Labute approximate surface area is 298 Å². The van der Waals surface area contributed by atoms with Crippen molar-refractivity contribution in [1.29, 1.82) is 0 Å². The Morgan fingerprint density at radius 2 is 1.80 bits per heavy atom. The van der Waals surface area contributed by atoms with Crippen LogP contribution < -0.4 is 20.1 Å². The van der Waals surface area contributed by atoms with Crippen LogP contribution in [0.25, 0.3) is 16.9 Å². The van der Waals surface area contributed by atoms with Crippen LogP contribution in [-0.2, 0) is 48.9 Å². The Kier molecular flexibility index (Phi) is 9.80. The van der Waals surface area contributed by atoms with Gasteiger partial charge in [-0.3, -0.25) is 8.98 Å². The van der Waals surface area contributed by atoms with Gasteiger partial charge in [0, 0.05) is 25.0 Å². The summed E-state index contributed by atoms with van der Waals surface area (Å²) in [7, 11) is -1.23. The molecule has 1 spiro atoms. The summed E-state index contributed by atoms with van der Waals surface area (Å²) in [5.41, 5.74) is 5.10. The van der Waals surface area contributed by atoms with Crippen molar-refractivity contribution in [2.45, 2.75) is 116 Å². The van der Waals surface area contributed by atoms with E-state index in [2.05, 4.69) is 20.1 Å². The Bertz CT molecular complexity index is 1820. The average molecular weight is 731 g/mol. The number of nitrogens with one attached hydrogen (secondary N) is 2. The zero-order chi connectivity index (χ0) is 36.4. The van der Waals surface area contributed by atoms with E-state index in [9.17, 15) is 18.3 Å². The standard InChI is InChI=1S/C34H50N8O6S2/c1-21-27(39-49(45)31(2,3)4)34(20-47-21)12-14-40(15-13-34)28-25(19-48-50(46)32(5,6)7)38-29-24(37-28)18-36-41(29)23-11-10-22-17-35-42(26(22)16-23)30(43)33(8,9)44/h10-11,16,18,21,27,35,39,44H,12-15,17,19-20H2,1-9H3/t21-,27+,49?,50?/m0/s1. The van der Waals surface area contributed by atoms with E-state index in [1.807, 2.05) is 66.7 Å². The molecular weight excluding hydrogens is 681 g/mol. The highest BCUT2D eigenvalue weighted by Crippen LogP contribution is 2.44. The minimum atomic E-state index is -1.59. The second-order valence-corrected chi connectivity index (χ2v) is 20.0. The molecule has 2 saturated heterocycles. The van der Waals surface area contributed by atoms with E-state index in [4.69, 9.17) is 18.9 Å². The van der Waals surface area contributed by atoms with E-state index in [1.165, 1.54) is 18.9 Å². The van der Waals surface area contributed by atoms with E-state index in [-0.39, 0.29) is 24.2 Å². The highest BCUT2D eigenvalue weighted by Gasteiger charge is 2.51. The number of carbonyl (C=O) groups excluding carboxylic acids is 1. The molecule has 3 aliphatic heterocycles. The number of fused-ring (bicyclic) bond motifs is 2. The summed E-state index contributed by atoms with van der Waals surface area (Å²) in [5.74, 6) is 0.175. The van der Waals surface area contributed by atoms with Gasteiger partial charge >= 0.3 is 0 Å². The molecule has 1 amide bonds. The molecule has 3 aliphatic rings. The maximum absolute atomic E-state index is 13.1. The van der Waals surface area contributed by atoms with Crippen LogP contribution in [0.3, 0.4) is 0 Å². The van der Waals surface area contributed by atoms with Crippen LogP contribution in [0.5, 0.6) is 0 Å². The van der Waals surface area contributed by atoms with Gasteiger partial charge < -0.3 is 14.7 Å². The number of rotatable bonds is 8. The lowest BCUT2D eigenvalue weighted by Crippen LogP contribution is -2.55. The van der Waals surface area contributed by atoms with Crippen molar-refractivity contribution in [2.75, 3.05) is 29.6 Å². The third-order valence-electron chi connectivity index (χ3n) is 9.57. The molecule has 0 saturated carbocycles. The summed E-state index contributed by atoms with van der Waals surface area (Å²) in [4.78, 5) is 25.3. The number of ether oxygens (including phenoxy) is 1. The summed E-state index contributed by atoms with van der Waals surface area (Å²) in [6, 6.07) is 5.60. The van der Waals surface area contributed by atoms with E-state index in [1.54, 1.807) is 10.9 Å². The molecule has 14 nitrogen and oxygen atoms in total. The molecule has 3 N–H and O–H groups in total. The molecule has 50 heavy (non-hydrogen) atoms. The first-order valence-electron chi connectivity index (χ1n) is 17.1. The number of piperidine rings is 1. The van der Waals surface area contributed by atoms with E-state index in [0.29, 0.717) is 60.3 Å². The van der Waals surface area contributed by atoms with Gasteiger partial charge in [0.05, 0.1) is 56.8 Å². The molecule has 2 aromatic heterocycles. The van der Waals surface area contributed by atoms with Gasteiger partial charge in [-0.15, -0.1) is 0 Å². The highest BCUT2D eigenvalue weighted by molar-refractivity contribution is 7.84. The lowest BCUT2D eigenvalue weighted by Gasteiger charge is -2.43. The molecular formula is C34H50N8O6S2. The van der Waals surface area contributed by atoms with Crippen LogP contribution in [0, 0.1) is 5.41 Å². The van der Waals surface area contributed by atoms with Gasteiger partial charge in [0.1, 0.15) is 23.4 Å². The number of aliphatic hydroxyl groups is 1. The molecule has 0 aliphatic carbocycles. The van der Waals surface area contributed by atoms with Gasteiger partial charge in [0.2, 0.25) is 0 Å². The fourth-order valence-electron chi connectivity index (χ4n) is 6.56. The number of nitrogens with zero attached hydrogens (tertiary/aromatic N) is 6. The predicted octanol–water partition coefficient (Wildman–Crippen LogP) is 3.34. The van der Waals surface area contributed by atoms with Gasteiger partial charge in [0.15, 0.2) is 22.5 Å². The van der Waals surface area contributed by atoms with Crippen LogP contribution in [0.2, 0.25) is 0 Å². The van der Waals surface area contributed by atoms with Crippen molar-refractivity contribution in [3.05, 3.63) is 35.7 Å². The number of aromatic nitrogens is 4. The number of hydrogen-bond acceptors (Lipinski definition) is 11. The fourth-order valence-corrected chi connectivity index (χ4v) is 8.16. The van der Waals surface area contributed by atoms with Crippen LogP contribution >= 0.6 is 0 Å². The lowest BCUT2D eigenvalue weighted by molar-refractivity contribution is -0.134. The van der Waals surface area contributed by atoms with Crippen molar-refractivity contribution in [3.8, 4) is 5.69 Å². The first-order chi connectivity index (χ1) is 23.3. The third-order valence-corrected chi connectivity index (χ3v) is 12.5. The van der Waals surface area contributed by atoms with E-state index >= 15 is 0 Å². The summed E-state index contributed by atoms with van der Waals surface area (Å²) in [6.45, 7) is 18.8.